The van der Waals surface area contributed by atoms with E-state index in [1.54, 1.807) is 0 Å². The van der Waals surface area contributed by atoms with Crippen molar-refractivity contribution in [2.24, 2.45) is 11.8 Å². The van der Waals surface area contributed by atoms with Gasteiger partial charge in [0.05, 0.1) is 0 Å². The molecule has 0 spiro atoms. The van der Waals surface area contributed by atoms with Crippen LogP contribution in [0.3, 0.4) is 0 Å². The number of carbonyl (C=O) groups excluding carboxylic acids is 2. The Morgan fingerprint density at radius 2 is 2.14 bits per heavy atom. The highest BCUT2D eigenvalue weighted by Gasteiger charge is 2.29. The van der Waals surface area contributed by atoms with Crippen LogP contribution < -0.4 is 5.32 Å². The Kier molecular flexibility index (Phi) is 3.67. The van der Waals surface area contributed by atoms with Gasteiger partial charge in [-0.05, 0) is 26.7 Å². The summed E-state index contributed by atoms with van der Waals surface area (Å²) >= 11 is 0. The third-order valence-corrected chi connectivity index (χ3v) is 2.73. The third kappa shape index (κ3) is 2.82. The second kappa shape index (κ2) is 4.58. The van der Waals surface area contributed by atoms with Gasteiger partial charge in [0.15, 0.2) is 0 Å². The van der Waals surface area contributed by atoms with Crippen LogP contribution in [0, 0.1) is 11.8 Å². The summed E-state index contributed by atoms with van der Waals surface area (Å²) in [4.78, 5) is 22.9. The van der Waals surface area contributed by atoms with Crippen LogP contribution in [-0.2, 0) is 9.59 Å². The molecule has 1 saturated carbocycles. The van der Waals surface area contributed by atoms with E-state index < -0.39 is 0 Å². The molecule has 3 nitrogen and oxygen atoms in total. The summed E-state index contributed by atoms with van der Waals surface area (Å²) in [5.41, 5.74) is 0. The van der Waals surface area contributed by atoms with Crippen LogP contribution in [0.2, 0.25) is 0 Å². The molecule has 3 heteroatoms. The molecule has 0 saturated heterocycles. The van der Waals surface area contributed by atoms with E-state index in [-0.39, 0.29) is 23.8 Å². The molecule has 1 fully saturated rings. The second-order valence-electron chi connectivity index (χ2n) is 4.50. The molecule has 1 N–H and O–H groups in total. The van der Waals surface area contributed by atoms with Gasteiger partial charge in [-0.1, -0.05) is 6.92 Å². The Morgan fingerprint density at radius 1 is 1.50 bits per heavy atom. The predicted molar refractivity (Wildman–Crippen MR) is 54.8 cm³/mol. The van der Waals surface area contributed by atoms with Crippen LogP contribution in [-0.4, -0.2) is 17.7 Å². The Morgan fingerprint density at radius 3 is 2.64 bits per heavy atom. The van der Waals surface area contributed by atoms with Crippen molar-refractivity contribution < 1.29 is 9.59 Å². The first-order valence-corrected chi connectivity index (χ1v) is 5.33. The number of amides is 1. The highest BCUT2D eigenvalue weighted by molar-refractivity contribution is 5.86. The van der Waals surface area contributed by atoms with Gasteiger partial charge >= 0.3 is 0 Å². The molecule has 0 aromatic rings. The lowest BCUT2D eigenvalue weighted by Crippen LogP contribution is -2.39. The Balaban J connectivity index is 2.46. The zero-order valence-corrected chi connectivity index (χ0v) is 9.17. The van der Waals surface area contributed by atoms with Gasteiger partial charge < -0.3 is 5.32 Å². The number of hydrogen-bond donors (Lipinski definition) is 1. The standard InChI is InChI=1S/C11H19NO2/c1-7(2)12-11(14)9-4-5-10(13)8(3)6-9/h7-9H,4-6H2,1-3H3,(H,12,14)/t8-,9+/m1/s1. The maximum Gasteiger partial charge on any atom is 0.223 e. The fourth-order valence-electron chi connectivity index (χ4n) is 1.88. The molecular formula is C11H19NO2. The number of Topliss-reactive ketones (excluding diaryl/α,β-unsaturated/α-hetero) is 1. The summed E-state index contributed by atoms with van der Waals surface area (Å²) in [5, 5.41) is 2.90. The van der Waals surface area contributed by atoms with Crippen molar-refractivity contribution in [1.29, 1.82) is 0 Å². The largest absolute Gasteiger partial charge is 0.354 e. The smallest absolute Gasteiger partial charge is 0.223 e. The molecule has 14 heavy (non-hydrogen) atoms. The van der Waals surface area contributed by atoms with Crippen LogP contribution in [0.4, 0.5) is 0 Å². The zero-order valence-electron chi connectivity index (χ0n) is 9.17. The second-order valence-corrected chi connectivity index (χ2v) is 4.50. The lowest BCUT2D eigenvalue weighted by Gasteiger charge is -2.25. The molecule has 0 radical (unpaired) electrons. The van der Waals surface area contributed by atoms with E-state index in [9.17, 15) is 9.59 Å². The van der Waals surface area contributed by atoms with Gasteiger partial charge in [-0.25, -0.2) is 0 Å². The average molecular weight is 197 g/mol. The molecule has 0 bridgehead atoms. The van der Waals surface area contributed by atoms with E-state index in [1.165, 1.54) is 0 Å². The summed E-state index contributed by atoms with van der Waals surface area (Å²) < 4.78 is 0. The number of ketones is 1. The molecule has 0 aromatic heterocycles. The zero-order chi connectivity index (χ0) is 10.7. The van der Waals surface area contributed by atoms with Crippen LogP contribution in [0.15, 0.2) is 0 Å². The molecule has 1 aliphatic rings. The van der Waals surface area contributed by atoms with Gasteiger partial charge in [0.25, 0.3) is 0 Å². The summed E-state index contributed by atoms with van der Waals surface area (Å²) in [6, 6.07) is 0.190. The molecule has 2 atom stereocenters. The SMILES string of the molecule is CC(C)NC(=O)[C@H]1CCC(=O)[C@H](C)C1. The minimum atomic E-state index is 0.0464. The lowest BCUT2D eigenvalue weighted by molar-refractivity contribution is -0.131. The van der Waals surface area contributed by atoms with E-state index in [0.717, 1.165) is 12.8 Å². The first-order valence-electron chi connectivity index (χ1n) is 5.33. The van der Waals surface area contributed by atoms with Gasteiger partial charge in [-0.2, -0.15) is 0 Å². The topological polar surface area (TPSA) is 46.2 Å². The summed E-state index contributed by atoms with van der Waals surface area (Å²) in [7, 11) is 0. The van der Waals surface area contributed by atoms with Gasteiger partial charge in [0, 0.05) is 24.3 Å². The van der Waals surface area contributed by atoms with Crippen molar-refractivity contribution >= 4 is 11.7 Å². The molecule has 80 valence electrons. The number of hydrogen-bond acceptors (Lipinski definition) is 2. The van der Waals surface area contributed by atoms with Crippen LogP contribution in [0.25, 0.3) is 0 Å². The summed E-state index contributed by atoms with van der Waals surface area (Å²) in [6.07, 6.45) is 2.01. The first-order chi connectivity index (χ1) is 6.50. The van der Waals surface area contributed by atoms with E-state index in [0.29, 0.717) is 12.2 Å². The van der Waals surface area contributed by atoms with Crippen LogP contribution in [0.5, 0.6) is 0 Å². The van der Waals surface area contributed by atoms with Crippen molar-refractivity contribution in [3.63, 3.8) is 0 Å². The van der Waals surface area contributed by atoms with Crippen molar-refractivity contribution in [2.45, 2.75) is 46.1 Å². The van der Waals surface area contributed by atoms with Crippen molar-refractivity contribution in [3.8, 4) is 0 Å². The monoisotopic (exact) mass is 197 g/mol. The third-order valence-electron chi connectivity index (χ3n) is 2.73. The number of carbonyl (C=O) groups is 2. The van der Waals surface area contributed by atoms with Crippen molar-refractivity contribution in [3.05, 3.63) is 0 Å². The summed E-state index contributed by atoms with van der Waals surface area (Å²) in [5.74, 6) is 0.523. The van der Waals surface area contributed by atoms with E-state index in [4.69, 9.17) is 0 Å². The van der Waals surface area contributed by atoms with E-state index in [1.807, 2.05) is 20.8 Å². The maximum atomic E-state index is 11.6. The minimum absolute atomic E-state index is 0.0464. The van der Waals surface area contributed by atoms with Crippen LogP contribution in [0.1, 0.15) is 40.0 Å². The average Bonchev–Trinajstić information content (AvgIpc) is 2.08. The molecule has 0 aromatic carbocycles. The molecule has 0 heterocycles. The van der Waals surface area contributed by atoms with Crippen molar-refractivity contribution in [1.82, 2.24) is 5.32 Å². The van der Waals surface area contributed by atoms with E-state index in [2.05, 4.69) is 5.32 Å². The molecule has 0 unspecified atom stereocenters. The van der Waals surface area contributed by atoms with Gasteiger partial charge in [0.1, 0.15) is 5.78 Å². The van der Waals surface area contributed by atoms with Gasteiger partial charge in [-0.3, -0.25) is 9.59 Å². The van der Waals surface area contributed by atoms with Crippen LogP contribution >= 0.6 is 0 Å². The first kappa shape index (κ1) is 11.2. The quantitative estimate of drug-likeness (QED) is 0.729. The fraction of sp³-hybridized carbons (Fsp3) is 0.818. The van der Waals surface area contributed by atoms with E-state index >= 15 is 0 Å². The summed E-state index contributed by atoms with van der Waals surface area (Å²) in [6.45, 7) is 5.82. The minimum Gasteiger partial charge on any atom is -0.354 e. The number of nitrogens with one attached hydrogen (secondary N) is 1. The highest BCUT2D eigenvalue weighted by atomic mass is 16.2. The highest BCUT2D eigenvalue weighted by Crippen LogP contribution is 2.26. The molecule has 1 amide bonds. The normalized spacial score (nSPS) is 27.9. The fourth-order valence-corrected chi connectivity index (χ4v) is 1.88. The molecule has 0 aliphatic heterocycles. The molecule has 1 aliphatic carbocycles. The van der Waals surface area contributed by atoms with Crippen molar-refractivity contribution in [2.75, 3.05) is 0 Å². The Hall–Kier alpha value is -0.860. The Labute approximate surface area is 85.3 Å². The number of rotatable bonds is 2. The maximum absolute atomic E-state index is 11.6. The predicted octanol–water partition coefficient (Wildman–Crippen LogP) is 1.52. The Bertz CT molecular complexity index is 235. The lowest BCUT2D eigenvalue weighted by atomic mass is 9.81. The van der Waals surface area contributed by atoms with Gasteiger partial charge in [-0.15, -0.1) is 0 Å². The molecule has 1 rings (SSSR count). The van der Waals surface area contributed by atoms with Gasteiger partial charge in [0.2, 0.25) is 5.91 Å². The molecular weight excluding hydrogens is 178 g/mol.